The summed E-state index contributed by atoms with van der Waals surface area (Å²) in [7, 11) is 3.03. The first-order chi connectivity index (χ1) is 18.6. The van der Waals surface area contributed by atoms with Crippen molar-refractivity contribution in [2.75, 3.05) is 33.2 Å². The van der Waals surface area contributed by atoms with Gasteiger partial charge in [-0.1, -0.05) is 30.3 Å². The van der Waals surface area contributed by atoms with Gasteiger partial charge in [0.2, 0.25) is 5.95 Å². The molecule has 0 fully saturated rings. The summed E-state index contributed by atoms with van der Waals surface area (Å²) in [4.78, 5) is 25.9. The molecule has 0 spiro atoms. The molecule has 0 aliphatic carbocycles. The summed E-state index contributed by atoms with van der Waals surface area (Å²) in [6, 6.07) is 16.0. The largest absolute Gasteiger partial charge is 0.494 e. The molecule has 35 heavy (non-hydrogen) atoms. The fourth-order valence-corrected chi connectivity index (χ4v) is 3.43. The van der Waals surface area contributed by atoms with E-state index in [-0.39, 0.29) is 28.6 Å². The third kappa shape index (κ3) is 6.10. The minimum absolute atomic E-state index is 0.00756. The van der Waals surface area contributed by atoms with Crippen LogP contribution >= 0.6 is 0 Å². The number of nitrogens with zero attached hydrogens (tertiary/aromatic N) is 3. The first kappa shape index (κ1) is 19.3. The molecule has 0 aliphatic heterocycles. The van der Waals surface area contributed by atoms with E-state index in [4.69, 9.17) is 25.4 Å². The van der Waals surface area contributed by atoms with Gasteiger partial charge in [-0.05, 0) is 42.3 Å². The fraction of sp³-hybridized carbons (Fsp3) is 0.259. The average molecular weight is 477 g/mol. The first-order valence-corrected chi connectivity index (χ1v) is 10.9. The van der Waals surface area contributed by atoms with Gasteiger partial charge >= 0.3 is 0 Å². The number of carbonyl (C=O) groups excluding carboxylic acids is 1. The number of ether oxygens (including phenoxy) is 3. The van der Waals surface area contributed by atoms with Crippen molar-refractivity contribution in [1.29, 1.82) is 0 Å². The number of rotatable bonds is 11. The van der Waals surface area contributed by atoms with E-state index in [9.17, 15) is 4.79 Å². The lowest BCUT2D eigenvalue weighted by Crippen LogP contribution is -2.09. The van der Waals surface area contributed by atoms with Crippen LogP contribution in [0.3, 0.4) is 0 Å². The summed E-state index contributed by atoms with van der Waals surface area (Å²) >= 11 is 0. The lowest BCUT2D eigenvalue weighted by molar-refractivity contribution is 0.0979. The van der Waals surface area contributed by atoms with Crippen LogP contribution in [0.25, 0.3) is 10.9 Å². The van der Waals surface area contributed by atoms with Crippen molar-refractivity contribution in [2.45, 2.75) is 19.2 Å². The Morgan fingerprint density at radius 2 is 1.77 bits per heavy atom. The second kappa shape index (κ2) is 11.4. The van der Waals surface area contributed by atoms with Gasteiger partial charge in [0, 0.05) is 42.2 Å². The van der Waals surface area contributed by atoms with Crippen molar-refractivity contribution in [3.63, 3.8) is 0 Å². The van der Waals surface area contributed by atoms with Crippen LogP contribution in [0.2, 0.25) is 0 Å². The lowest BCUT2D eigenvalue weighted by Gasteiger charge is -2.10. The number of Topliss-reactive ketones (excluding diaryl/α,β-unsaturated/α-hetero) is 1. The quantitative estimate of drug-likeness (QED) is 0.255. The molecule has 2 aromatic heterocycles. The van der Waals surface area contributed by atoms with E-state index < -0.39 is 24.9 Å². The maximum atomic E-state index is 13.3. The van der Waals surface area contributed by atoms with Crippen molar-refractivity contribution < 1.29 is 24.5 Å². The highest BCUT2D eigenvalue weighted by atomic mass is 16.5. The van der Waals surface area contributed by atoms with Crippen LogP contribution in [0.5, 0.6) is 11.5 Å². The molecule has 8 nitrogen and oxygen atoms in total. The second-order valence-electron chi connectivity index (χ2n) is 7.47. The maximum Gasteiger partial charge on any atom is 0.221 e. The molecular weight excluding hydrogens is 444 g/mol. The summed E-state index contributed by atoms with van der Waals surface area (Å²) in [5, 5.41) is 0.384. The smallest absolute Gasteiger partial charge is 0.221 e. The van der Waals surface area contributed by atoms with Gasteiger partial charge in [-0.3, -0.25) is 9.78 Å². The number of aromatic nitrogens is 3. The highest BCUT2D eigenvalue weighted by Gasteiger charge is 2.17. The molecular formula is C27H28N4O4. The average Bonchev–Trinajstić information content (AvgIpc) is 2.92. The van der Waals surface area contributed by atoms with E-state index in [0.29, 0.717) is 35.6 Å². The zero-order valence-electron chi connectivity index (χ0n) is 23.4. The van der Waals surface area contributed by atoms with Crippen LogP contribution in [-0.2, 0) is 17.5 Å². The molecule has 0 radical (unpaired) electrons. The number of carbonyl (C=O) groups is 1. The van der Waals surface area contributed by atoms with Crippen LogP contribution in [0.15, 0.2) is 60.7 Å². The molecule has 0 saturated heterocycles. The highest BCUT2D eigenvalue weighted by molar-refractivity contribution is 6.07. The molecule has 0 bridgehead atoms. The van der Waals surface area contributed by atoms with Crippen molar-refractivity contribution in [3.8, 4) is 11.5 Å². The SMILES string of the molecule is [2H]C([2H])(CC(=O)c1nc(N)nc2c(OC)cccc12)c1cccc(C([2H])([2H])c2cccc(OCCOC)c2)n1. The first-order valence-electron chi connectivity index (χ1n) is 12.9. The molecule has 0 amide bonds. The third-order valence-electron chi connectivity index (χ3n) is 5.03. The molecule has 180 valence electrons. The van der Waals surface area contributed by atoms with Crippen molar-refractivity contribution in [1.82, 2.24) is 15.0 Å². The Morgan fingerprint density at radius 1 is 0.971 bits per heavy atom. The standard InChI is InChI=1S/C27H28N4O4/c1-33-14-15-35-21-9-3-6-18(17-21)16-20-8-4-7-19(29-20)12-13-23(32)25-22-10-5-11-24(34-2)26(22)31-27(28)30-25/h3-11,17H,12-16H2,1-2H3,(H2,28,30,31)/i12D2,16D2. The van der Waals surface area contributed by atoms with Gasteiger partial charge in [0.15, 0.2) is 5.78 Å². The van der Waals surface area contributed by atoms with Gasteiger partial charge in [-0.25, -0.2) is 9.97 Å². The predicted molar refractivity (Wildman–Crippen MR) is 134 cm³/mol. The van der Waals surface area contributed by atoms with E-state index in [0.717, 1.165) is 0 Å². The Kier molecular flexibility index (Phi) is 6.28. The molecule has 2 aromatic carbocycles. The summed E-state index contributed by atoms with van der Waals surface area (Å²) in [6.45, 7) is 0.699. The molecule has 4 aromatic rings. The third-order valence-corrected chi connectivity index (χ3v) is 5.03. The number of benzene rings is 2. The molecule has 2 heterocycles. The fourth-order valence-electron chi connectivity index (χ4n) is 3.43. The summed E-state index contributed by atoms with van der Waals surface area (Å²) in [5.74, 6) is 0.128. The number of pyridine rings is 1. The van der Waals surface area contributed by atoms with Crippen LogP contribution in [-0.4, -0.2) is 48.2 Å². The van der Waals surface area contributed by atoms with E-state index in [1.54, 1.807) is 49.6 Å². The zero-order valence-corrected chi connectivity index (χ0v) is 19.4. The number of nitrogen functional groups attached to an aromatic ring is 1. The second-order valence-corrected chi connectivity index (χ2v) is 7.47. The van der Waals surface area contributed by atoms with E-state index in [1.165, 1.54) is 25.3 Å². The topological polar surface area (TPSA) is 109 Å². The van der Waals surface area contributed by atoms with Gasteiger partial charge in [0.1, 0.15) is 29.3 Å². The van der Waals surface area contributed by atoms with Crippen molar-refractivity contribution in [2.24, 2.45) is 0 Å². The Hall–Kier alpha value is -4.04. The predicted octanol–water partition coefficient (Wildman–Crippen LogP) is 4.05. The highest BCUT2D eigenvalue weighted by Crippen LogP contribution is 2.27. The molecule has 0 aliphatic rings. The normalized spacial score (nSPS) is 13.4. The number of methoxy groups -OCH3 is 2. The Balaban J connectivity index is 1.62. The van der Waals surface area contributed by atoms with Gasteiger partial charge in [-0.2, -0.15) is 0 Å². The minimum atomic E-state index is -2.24. The molecule has 4 rings (SSSR count). The van der Waals surface area contributed by atoms with E-state index in [2.05, 4.69) is 15.0 Å². The number of hydrogen-bond donors (Lipinski definition) is 1. The number of anilines is 1. The Morgan fingerprint density at radius 3 is 2.60 bits per heavy atom. The summed E-state index contributed by atoms with van der Waals surface area (Å²) in [5.41, 5.74) is 6.34. The number of aryl methyl sites for hydroxylation is 1. The van der Waals surface area contributed by atoms with E-state index >= 15 is 0 Å². The van der Waals surface area contributed by atoms with Crippen LogP contribution < -0.4 is 15.2 Å². The van der Waals surface area contributed by atoms with Gasteiger partial charge < -0.3 is 19.9 Å². The lowest BCUT2D eigenvalue weighted by atomic mass is 10.0. The number of nitrogens with two attached hydrogens (primary N) is 1. The van der Waals surface area contributed by atoms with Crippen LogP contribution in [0, 0.1) is 0 Å². The number of ketones is 1. The van der Waals surface area contributed by atoms with Gasteiger partial charge in [0.05, 0.1) is 13.7 Å². The minimum Gasteiger partial charge on any atom is -0.494 e. The molecule has 0 unspecified atom stereocenters. The van der Waals surface area contributed by atoms with Crippen molar-refractivity contribution >= 4 is 22.6 Å². The van der Waals surface area contributed by atoms with Gasteiger partial charge in [-0.15, -0.1) is 0 Å². The van der Waals surface area contributed by atoms with Crippen molar-refractivity contribution in [3.05, 3.63) is 83.3 Å². The monoisotopic (exact) mass is 476 g/mol. The van der Waals surface area contributed by atoms with E-state index in [1.807, 2.05) is 0 Å². The zero-order chi connectivity index (χ0) is 28.2. The molecule has 0 saturated carbocycles. The summed E-state index contributed by atoms with van der Waals surface area (Å²) < 4.78 is 50.7. The maximum absolute atomic E-state index is 13.3. The van der Waals surface area contributed by atoms with Crippen LogP contribution in [0.1, 0.15) is 39.3 Å². The number of para-hydroxylation sites is 1. The Labute approximate surface area is 209 Å². The van der Waals surface area contributed by atoms with Gasteiger partial charge in [0.25, 0.3) is 0 Å². The Bertz CT molecular complexity index is 1500. The summed E-state index contributed by atoms with van der Waals surface area (Å²) in [6.07, 6.45) is -4.90. The number of hydrogen-bond acceptors (Lipinski definition) is 8. The molecule has 2 N–H and O–H groups in total. The molecule has 8 heteroatoms. The molecule has 0 atom stereocenters. The number of fused-ring (bicyclic) bond motifs is 1. The van der Waals surface area contributed by atoms with Crippen LogP contribution in [0.4, 0.5) is 5.95 Å².